The maximum Gasteiger partial charge on any atom is 0.335 e. The van der Waals surface area contributed by atoms with Crippen molar-refractivity contribution in [2.24, 2.45) is 5.41 Å². The first-order valence-corrected chi connectivity index (χ1v) is 17.8. The molecule has 1 amide bonds. The minimum absolute atomic E-state index is 0.0287. The molecule has 4 N–H and O–H groups in total. The van der Waals surface area contributed by atoms with Gasteiger partial charge in [0.15, 0.2) is 5.82 Å². The summed E-state index contributed by atoms with van der Waals surface area (Å²) >= 11 is 13.8. The quantitative estimate of drug-likeness (QED) is 0.120. The van der Waals surface area contributed by atoms with E-state index in [-0.39, 0.29) is 40.1 Å². The number of ether oxygens (including phenoxy) is 1. The molecule has 0 saturated carbocycles. The lowest BCUT2D eigenvalue weighted by molar-refractivity contribution is -0.118. The van der Waals surface area contributed by atoms with Gasteiger partial charge in [0.1, 0.15) is 11.6 Å². The number of hydrogen-bond acceptors (Lipinski definition) is 8. The summed E-state index contributed by atoms with van der Waals surface area (Å²) in [5.41, 5.74) is 3.10. The van der Waals surface area contributed by atoms with Crippen molar-refractivity contribution in [2.75, 3.05) is 23.9 Å². The van der Waals surface area contributed by atoms with Crippen molar-refractivity contribution in [1.29, 1.82) is 0 Å². The molecule has 5 aromatic rings. The Morgan fingerprint density at radius 3 is 2.55 bits per heavy atom. The number of tetrazole rings is 1. The van der Waals surface area contributed by atoms with Crippen LogP contribution in [-0.2, 0) is 16.8 Å². The molecule has 0 aliphatic carbocycles. The van der Waals surface area contributed by atoms with E-state index in [1.54, 1.807) is 6.07 Å². The lowest BCUT2D eigenvalue weighted by Crippen LogP contribution is -2.48. The van der Waals surface area contributed by atoms with Crippen LogP contribution in [0.5, 0.6) is 5.75 Å². The van der Waals surface area contributed by atoms with Crippen LogP contribution in [0.4, 0.5) is 15.8 Å². The van der Waals surface area contributed by atoms with E-state index in [9.17, 15) is 14.7 Å². The van der Waals surface area contributed by atoms with Crippen molar-refractivity contribution in [3.8, 4) is 17.1 Å². The molecule has 0 bridgehead atoms. The average Bonchev–Trinajstić information content (AvgIpc) is 3.82. The molecule has 53 heavy (non-hydrogen) atoms. The number of carboxylic acids is 1. The van der Waals surface area contributed by atoms with Gasteiger partial charge in [-0.25, -0.2) is 14.3 Å². The molecule has 274 valence electrons. The summed E-state index contributed by atoms with van der Waals surface area (Å²) in [5, 5.41) is 31.0. The van der Waals surface area contributed by atoms with Crippen LogP contribution in [0.1, 0.15) is 60.2 Å². The van der Waals surface area contributed by atoms with Gasteiger partial charge in [-0.1, -0.05) is 68.2 Å². The third kappa shape index (κ3) is 6.82. The summed E-state index contributed by atoms with van der Waals surface area (Å²) in [6.45, 7) is 7.31. The van der Waals surface area contributed by atoms with E-state index in [4.69, 9.17) is 27.9 Å². The molecular weight excluding hydrogens is 720 g/mol. The van der Waals surface area contributed by atoms with Crippen molar-refractivity contribution < 1.29 is 23.8 Å². The Bertz CT molecular complexity index is 2200. The van der Waals surface area contributed by atoms with Gasteiger partial charge < -0.3 is 25.4 Å². The number of H-pyrrole nitrogens is 1. The Balaban J connectivity index is 1.35. The highest BCUT2D eigenvalue weighted by molar-refractivity contribution is 6.31. The van der Waals surface area contributed by atoms with E-state index >= 15 is 4.39 Å². The third-order valence-electron chi connectivity index (χ3n) is 10.2. The second kappa shape index (κ2) is 14.1. The number of halogens is 3. The van der Waals surface area contributed by atoms with E-state index in [0.717, 1.165) is 22.4 Å². The molecule has 0 unspecified atom stereocenters. The molecule has 1 fully saturated rings. The molecule has 0 radical (unpaired) electrons. The first-order valence-electron chi connectivity index (χ1n) is 17.1. The molecule has 3 heterocycles. The lowest BCUT2D eigenvalue weighted by atomic mass is 9.63. The number of methoxy groups -OCH3 is 1. The van der Waals surface area contributed by atoms with Gasteiger partial charge in [0.2, 0.25) is 5.91 Å². The number of carbonyl (C=O) groups excluding carboxylic acids is 1. The molecular formula is C39H38Cl2FN7O4. The number of hydrogen-bond donors (Lipinski definition) is 4. The molecule has 1 spiro atoms. The summed E-state index contributed by atoms with van der Waals surface area (Å²) in [4.78, 5) is 28.6. The van der Waals surface area contributed by atoms with Crippen LogP contribution in [0.15, 0.2) is 78.9 Å². The number of aromatic amines is 1. The molecule has 14 heteroatoms. The van der Waals surface area contributed by atoms with Crippen molar-refractivity contribution in [2.45, 2.75) is 57.2 Å². The average molecular weight is 759 g/mol. The number of nitrogens with one attached hydrogen (secondary N) is 3. The minimum atomic E-state index is -1.11. The normalized spacial score (nSPS) is 20.8. The zero-order chi connectivity index (χ0) is 37.7. The highest BCUT2D eigenvalue weighted by Gasteiger charge is 2.62. The lowest BCUT2D eigenvalue weighted by Gasteiger charge is -2.40. The number of anilines is 2. The highest BCUT2D eigenvalue weighted by atomic mass is 35.5. The number of rotatable bonds is 9. The Hall–Kier alpha value is -5.04. The number of benzene rings is 4. The van der Waals surface area contributed by atoms with Crippen LogP contribution < -0.4 is 20.3 Å². The third-order valence-corrected chi connectivity index (χ3v) is 10.8. The summed E-state index contributed by atoms with van der Waals surface area (Å²) < 4.78 is 21.0. The van der Waals surface area contributed by atoms with Crippen LogP contribution in [0, 0.1) is 11.2 Å². The van der Waals surface area contributed by atoms with Gasteiger partial charge in [-0.05, 0) is 93.6 Å². The Morgan fingerprint density at radius 2 is 1.87 bits per heavy atom. The van der Waals surface area contributed by atoms with Crippen LogP contribution in [0.2, 0.25) is 10.0 Å². The van der Waals surface area contributed by atoms with Gasteiger partial charge >= 0.3 is 5.97 Å². The molecule has 11 nitrogen and oxygen atoms in total. The fraction of sp³-hybridized carbons (Fsp3) is 0.308. The standard InChI is InChI=1S/C39H38Cl2FN7O4/c1-38(2,3)18-32-39(20-49(30-14-11-23(40)17-26(30)39)19-21-9-12-25(28(42)15-21)35-45-47-48-46-35)33(24-7-5-6-8-27(24)41)34(44-32)36(50)43-29-13-10-22(37(51)52)16-31(29)53-4/h5-17,32-34,44H,18-20H2,1-4H3,(H,43,50)(H,51,52)(H,45,46,47,48)/t32-,33-,34+,39-/m0/s1. The SMILES string of the molecule is COc1cc(C(=O)O)ccc1NC(=O)[C@@H]1N[C@@H](CC(C)(C)C)[C@@]2(CN(Cc3ccc(-c4nnn[nH]4)c(F)c3)c3ccc(Cl)cc32)[C@H]1c1ccccc1Cl. The molecule has 1 saturated heterocycles. The first kappa shape index (κ1) is 36.3. The summed E-state index contributed by atoms with van der Waals surface area (Å²) in [6, 6.07) is 21.6. The maximum atomic E-state index is 15.5. The van der Waals surface area contributed by atoms with E-state index in [1.165, 1.54) is 31.4 Å². The van der Waals surface area contributed by atoms with Gasteiger partial charge in [-0.3, -0.25) is 4.79 Å². The molecule has 2 aliphatic rings. The molecule has 4 atom stereocenters. The Kier molecular flexibility index (Phi) is 9.64. The van der Waals surface area contributed by atoms with Crippen molar-refractivity contribution in [3.63, 3.8) is 0 Å². The van der Waals surface area contributed by atoms with Crippen LogP contribution in [-0.4, -0.2) is 63.3 Å². The Morgan fingerprint density at radius 1 is 1.08 bits per heavy atom. The van der Waals surface area contributed by atoms with Gasteiger partial charge in [0, 0.05) is 46.2 Å². The van der Waals surface area contributed by atoms with E-state index in [1.807, 2.05) is 48.5 Å². The van der Waals surface area contributed by atoms with Crippen molar-refractivity contribution >= 4 is 46.5 Å². The van der Waals surface area contributed by atoms with Gasteiger partial charge in [-0.15, -0.1) is 5.10 Å². The van der Waals surface area contributed by atoms with E-state index in [2.05, 4.69) is 56.9 Å². The molecule has 7 rings (SSSR count). The summed E-state index contributed by atoms with van der Waals surface area (Å²) in [5.74, 6) is -1.97. The van der Waals surface area contributed by atoms with Crippen LogP contribution in [0.3, 0.4) is 0 Å². The highest BCUT2D eigenvalue weighted by Crippen LogP contribution is 2.59. The minimum Gasteiger partial charge on any atom is -0.495 e. The van der Waals surface area contributed by atoms with E-state index < -0.39 is 29.2 Å². The molecule has 4 aromatic carbocycles. The van der Waals surface area contributed by atoms with Gasteiger partial charge in [-0.2, -0.15) is 0 Å². The monoisotopic (exact) mass is 757 g/mol. The number of carbonyl (C=O) groups is 2. The zero-order valence-corrected chi connectivity index (χ0v) is 31.0. The fourth-order valence-electron chi connectivity index (χ4n) is 8.07. The summed E-state index contributed by atoms with van der Waals surface area (Å²) in [7, 11) is 1.42. The predicted octanol–water partition coefficient (Wildman–Crippen LogP) is 7.48. The largest absolute Gasteiger partial charge is 0.495 e. The van der Waals surface area contributed by atoms with Crippen LogP contribution in [0.25, 0.3) is 11.4 Å². The van der Waals surface area contributed by atoms with Gasteiger partial charge in [0.05, 0.1) is 30.0 Å². The number of amides is 1. The van der Waals surface area contributed by atoms with Crippen molar-refractivity contribution in [1.82, 2.24) is 25.9 Å². The number of nitrogens with zero attached hydrogens (tertiary/aromatic N) is 4. The molecule has 1 aromatic heterocycles. The number of aromatic carboxylic acids is 1. The smallest absolute Gasteiger partial charge is 0.335 e. The number of fused-ring (bicyclic) bond motifs is 2. The summed E-state index contributed by atoms with van der Waals surface area (Å²) in [6.07, 6.45) is 0.683. The van der Waals surface area contributed by atoms with Crippen LogP contribution >= 0.6 is 23.2 Å². The number of carboxylic acid groups (broad SMARTS) is 1. The van der Waals surface area contributed by atoms with Crippen molar-refractivity contribution in [3.05, 3.63) is 117 Å². The zero-order valence-electron chi connectivity index (χ0n) is 29.5. The topological polar surface area (TPSA) is 145 Å². The Labute approximate surface area is 315 Å². The first-order chi connectivity index (χ1) is 25.3. The molecule has 2 aliphatic heterocycles. The number of aromatic nitrogens is 4. The second-order valence-electron chi connectivity index (χ2n) is 14.8. The maximum absolute atomic E-state index is 15.5. The fourth-order valence-corrected chi connectivity index (χ4v) is 8.49. The predicted molar refractivity (Wildman–Crippen MR) is 201 cm³/mol. The van der Waals surface area contributed by atoms with Gasteiger partial charge in [0.25, 0.3) is 0 Å². The second-order valence-corrected chi connectivity index (χ2v) is 15.6. The van der Waals surface area contributed by atoms with E-state index in [0.29, 0.717) is 35.2 Å².